The molecule has 0 aliphatic rings. The number of benzene rings is 2. The first-order valence-corrected chi connectivity index (χ1v) is 7.53. The molecule has 0 amide bonds. The van der Waals surface area contributed by atoms with E-state index in [-0.39, 0.29) is 24.0 Å². The Hall–Kier alpha value is -2.61. The Morgan fingerprint density at radius 2 is 1.83 bits per heavy atom. The van der Waals surface area contributed by atoms with Crippen molar-refractivity contribution in [3.8, 4) is 11.5 Å². The van der Waals surface area contributed by atoms with Crippen LogP contribution in [0.3, 0.4) is 0 Å². The molecule has 1 heterocycles. The molecule has 2 aromatic carbocycles. The van der Waals surface area contributed by atoms with E-state index in [1.54, 1.807) is 6.07 Å². The van der Waals surface area contributed by atoms with Gasteiger partial charge in [0.05, 0.1) is 11.1 Å². The maximum Gasteiger partial charge on any atom is 0.338 e. The van der Waals surface area contributed by atoms with Gasteiger partial charge in [0.1, 0.15) is 11.6 Å². The average molecular weight is 395 g/mol. The molecule has 0 bridgehead atoms. The maximum atomic E-state index is 13.1. The molecular weight excluding hydrogens is 386 g/mol. The number of hydrogen-bond donors (Lipinski definition) is 0. The van der Waals surface area contributed by atoms with Gasteiger partial charge in [0.25, 0.3) is 5.89 Å². The van der Waals surface area contributed by atoms with Crippen LogP contribution >= 0.6 is 15.9 Å². The van der Waals surface area contributed by atoms with Crippen LogP contribution in [0, 0.1) is 11.6 Å². The molecule has 0 spiro atoms. The minimum absolute atomic E-state index is 0.0611. The highest BCUT2D eigenvalue weighted by Gasteiger charge is 2.15. The van der Waals surface area contributed by atoms with E-state index in [4.69, 9.17) is 9.15 Å². The van der Waals surface area contributed by atoms with Crippen LogP contribution in [0.4, 0.5) is 8.78 Å². The van der Waals surface area contributed by atoms with Gasteiger partial charge in [-0.15, -0.1) is 10.2 Å². The van der Waals surface area contributed by atoms with Crippen molar-refractivity contribution >= 4 is 21.9 Å². The molecule has 0 atom stereocenters. The number of ether oxygens (including phenoxy) is 1. The first kappa shape index (κ1) is 16.3. The second kappa shape index (κ2) is 6.88. The van der Waals surface area contributed by atoms with Crippen molar-refractivity contribution in [3.05, 3.63) is 70.0 Å². The molecule has 0 saturated heterocycles. The SMILES string of the molecule is O=C(OCc1nnc(-c2ccccc2Br)o1)c1cc(F)cc(F)c1. The van der Waals surface area contributed by atoms with Gasteiger partial charge in [-0.05, 0) is 40.2 Å². The molecular formula is C16H9BrF2N2O3. The van der Waals surface area contributed by atoms with Gasteiger partial charge in [-0.1, -0.05) is 12.1 Å². The number of carbonyl (C=O) groups excluding carboxylic acids is 1. The zero-order valence-corrected chi connectivity index (χ0v) is 13.6. The van der Waals surface area contributed by atoms with Crippen LogP contribution in [0.1, 0.15) is 16.2 Å². The largest absolute Gasteiger partial charge is 0.452 e. The lowest BCUT2D eigenvalue weighted by atomic mass is 10.2. The molecule has 122 valence electrons. The lowest BCUT2D eigenvalue weighted by molar-refractivity contribution is 0.0437. The summed E-state index contributed by atoms with van der Waals surface area (Å²) >= 11 is 3.36. The van der Waals surface area contributed by atoms with Gasteiger partial charge in [-0.2, -0.15) is 0 Å². The number of halogens is 3. The van der Waals surface area contributed by atoms with Crippen LogP contribution in [0.5, 0.6) is 0 Å². The highest BCUT2D eigenvalue weighted by molar-refractivity contribution is 9.10. The Balaban J connectivity index is 1.69. The quantitative estimate of drug-likeness (QED) is 0.622. The Kier molecular flexibility index (Phi) is 4.66. The summed E-state index contributed by atoms with van der Waals surface area (Å²) < 4.78 is 37.3. The van der Waals surface area contributed by atoms with E-state index >= 15 is 0 Å². The van der Waals surface area contributed by atoms with Crippen molar-refractivity contribution in [2.45, 2.75) is 6.61 Å². The van der Waals surface area contributed by atoms with Gasteiger partial charge in [0.2, 0.25) is 5.89 Å². The van der Waals surface area contributed by atoms with Crippen molar-refractivity contribution in [1.29, 1.82) is 0 Å². The Morgan fingerprint density at radius 1 is 1.12 bits per heavy atom. The Labute approximate surface area is 143 Å². The van der Waals surface area contributed by atoms with E-state index in [1.165, 1.54) is 0 Å². The number of aromatic nitrogens is 2. The summed E-state index contributed by atoms with van der Waals surface area (Å²) in [5, 5.41) is 7.64. The summed E-state index contributed by atoms with van der Waals surface area (Å²) in [6.07, 6.45) is 0. The highest BCUT2D eigenvalue weighted by Crippen LogP contribution is 2.26. The molecule has 0 radical (unpaired) electrons. The molecule has 5 nitrogen and oxygen atoms in total. The third-order valence-electron chi connectivity index (χ3n) is 3.00. The van der Waals surface area contributed by atoms with Crippen LogP contribution in [0.25, 0.3) is 11.5 Å². The van der Waals surface area contributed by atoms with Gasteiger partial charge in [0, 0.05) is 10.5 Å². The second-order valence-electron chi connectivity index (χ2n) is 4.72. The van der Waals surface area contributed by atoms with E-state index in [1.807, 2.05) is 18.2 Å². The molecule has 0 fully saturated rings. The topological polar surface area (TPSA) is 65.2 Å². The molecule has 0 aliphatic heterocycles. The van der Waals surface area contributed by atoms with E-state index < -0.39 is 17.6 Å². The van der Waals surface area contributed by atoms with Gasteiger partial charge < -0.3 is 9.15 Å². The van der Waals surface area contributed by atoms with E-state index in [0.717, 1.165) is 16.6 Å². The van der Waals surface area contributed by atoms with Gasteiger partial charge >= 0.3 is 5.97 Å². The highest BCUT2D eigenvalue weighted by atomic mass is 79.9. The summed E-state index contributed by atoms with van der Waals surface area (Å²) in [6.45, 7) is -0.311. The first-order chi connectivity index (χ1) is 11.5. The summed E-state index contributed by atoms with van der Waals surface area (Å²) in [5.74, 6) is -2.31. The van der Waals surface area contributed by atoms with E-state index in [2.05, 4.69) is 26.1 Å². The lowest BCUT2D eigenvalue weighted by Gasteiger charge is -2.02. The van der Waals surface area contributed by atoms with Crippen LogP contribution in [0.2, 0.25) is 0 Å². The molecule has 3 aromatic rings. The van der Waals surface area contributed by atoms with E-state index in [9.17, 15) is 13.6 Å². The fourth-order valence-corrected chi connectivity index (χ4v) is 2.39. The second-order valence-corrected chi connectivity index (χ2v) is 5.57. The fourth-order valence-electron chi connectivity index (χ4n) is 1.94. The molecule has 8 heteroatoms. The zero-order valence-electron chi connectivity index (χ0n) is 12.0. The monoisotopic (exact) mass is 394 g/mol. The zero-order chi connectivity index (χ0) is 17.1. The predicted molar refractivity (Wildman–Crippen MR) is 82.9 cm³/mol. The molecule has 3 rings (SSSR count). The maximum absolute atomic E-state index is 13.1. The summed E-state index contributed by atoms with van der Waals surface area (Å²) in [7, 11) is 0. The Bertz CT molecular complexity index is 878. The van der Waals surface area contributed by atoms with Crippen molar-refractivity contribution in [2.24, 2.45) is 0 Å². The molecule has 0 unspecified atom stereocenters. The number of esters is 1. The minimum Gasteiger partial charge on any atom is -0.452 e. The third kappa shape index (κ3) is 3.65. The molecule has 1 aromatic heterocycles. The number of hydrogen-bond acceptors (Lipinski definition) is 5. The van der Waals surface area contributed by atoms with Crippen LogP contribution in [0.15, 0.2) is 51.4 Å². The van der Waals surface area contributed by atoms with Crippen molar-refractivity contribution in [3.63, 3.8) is 0 Å². The number of rotatable bonds is 4. The molecule has 0 N–H and O–H groups in total. The number of carbonyl (C=O) groups is 1. The van der Waals surface area contributed by atoms with Crippen molar-refractivity contribution in [1.82, 2.24) is 10.2 Å². The summed E-state index contributed by atoms with van der Waals surface area (Å²) in [6, 6.07) is 9.67. The van der Waals surface area contributed by atoms with Gasteiger partial charge in [-0.25, -0.2) is 13.6 Å². The molecule has 24 heavy (non-hydrogen) atoms. The van der Waals surface area contributed by atoms with Crippen LogP contribution in [-0.2, 0) is 11.3 Å². The lowest BCUT2D eigenvalue weighted by Crippen LogP contribution is -2.06. The standard InChI is InChI=1S/C16H9BrF2N2O3/c17-13-4-2-1-3-12(13)15-21-20-14(24-15)8-23-16(22)9-5-10(18)7-11(19)6-9/h1-7H,8H2. The smallest absolute Gasteiger partial charge is 0.338 e. The minimum atomic E-state index is -0.894. The van der Waals surface area contributed by atoms with Gasteiger partial charge in [-0.3, -0.25) is 0 Å². The fraction of sp³-hybridized carbons (Fsp3) is 0.0625. The normalized spacial score (nSPS) is 10.6. The van der Waals surface area contributed by atoms with Crippen molar-refractivity contribution in [2.75, 3.05) is 0 Å². The van der Waals surface area contributed by atoms with Gasteiger partial charge in [0.15, 0.2) is 6.61 Å². The van der Waals surface area contributed by atoms with Crippen LogP contribution in [-0.4, -0.2) is 16.2 Å². The van der Waals surface area contributed by atoms with Crippen molar-refractivity contribution < 1.29 is 22.7 Å². The molecule has 0 aliphatic carbocycles. The first-order valence-electron chi connectivity index (χ1n) is 6.73. The predicted octanol–water partition coefficient (Wildman–Crippen LogP) is 4.13. The van der Waals surface area contributed by atoms with Crippen LogP contribution < -0.4 is 0 Å². The molecule has 0 saturated carbocycles. The van der Waals surface area contributed by atoms with E-state index in [0.29, 0.717) is 11.6 Å². The number of nitrogens with zero attached hydrogens (tertiary/aromatic N) is 2. The Morgan fingerprint density at radius 3 is 2.54 bits per heavy atom. The third-order valence-corrected chi connectivity index (χ3v) is 3.69. The summed E-state index contributed by atoms with van der Waals surface area (Å²) in [5.41, 5.74) is 0.452. The average Bonchev–Trinajstić information content (AvgIpc) is 3.01. The summed E-state index contributed by atoms with van der Waals surface area (Å²) in [4.78, 5) is 11.8.